The molecule has 3 aromatic carbocycles. The van der Waals surface area contributed by atoms with Crippen molar-refractivity contribution in [2.24, 2.45) is 0 Å². The molecule has 0 heterocycles. The summed E-state index contributed by atoms with van der Waals surface area (Å²) in [7, 11) is 1.60. The van der Waals surface area contributed by atoms with Crippen LogP contribution in [0.15, 0.2) is 78.9 Å². The van der Waals surface area contributed by atoms with E-state index in [1.165, 1.54) is 12.1 Å². The Labute approximate surface area is 168 Å². The number of nitro benzene ring substituents is 1. The second-order valence-corrected chi connectivity index (χ2v) is 6.40. The maximum Gasteiger partial charge on any atom is 0.271 e. The summed E-state index contributed by atoms with van der Waals surface area (Å²) in [4.78, 5) is 25.0. The van der Waals surface area contributed by atoms with E-state index in [4.69, 9.17) is 4.74 Å². The number of carbonyl (C=O) groups is 1. The summed E-state index contributed by atoms with van der Waals surface area (Å²) in [5.74, 6) is 0.465. The van der Waals surface area contributed by atoms with E-state index in [-0.39, 0.29) is 18.1 Å². The minimum atomic E-state index is -0.491. The number of anilines is 2. The standard InChI is InChI=1S/C22H21N3O4/c1-29-21-12-10-19(11-13-21)24(15-17-6-3-2-4-7-17)16-22(26)23-18-8-5-9-20(14-18)25(27)28/h2-14H,15-16H2,1H3,(H,23,26). The van der Waals surface area contributed by atoms with Crippen molar-refractivity contribution >= 4 is 23.0 Å². The van der Waals surface area contributed by atoms with Crippen LogP contribution in [0.1, 0.15) is 5.56 Å². The lowest BCUT2D eigenvalue weighted by Gasteiger charge is -2.24. The molecule has 0 aromatic heterocycles. The Hall–Kier alpha value is -3.87. The molecule has 0 unspecified atom stereocenters. The van der Waals surface area contributed by atoms with Gasteiger partial charge in [-0.3, -0.25) is 14.9 Å². The Morgan fingerprint density at radius 2 is 1.76 bits per heavy atom. The lowest BCUT2D eigenvalue weighted by atomic mass is 10.2. The van der Waals surface area contributed by atoms with E-state index in [1.54, 1.807) is 19.2 Å². The molecule has 3 aromatic rings. The third-order valence-electron chi connectivity index (χ3n) is 4.33. The highest BCUT2D eigenvalue weighted by Crippen LogP contribution is 2.22. The third-order valence-corrected chi connectivity index (χ3v) is 4.33. The minimum Gasteiger partial charge on any atom is -0.497 e. The topological polar surface area (TPSA) is 84.7 Å². The number of nitrogens with zero attached hydrogens (tertiary/aromatic N) is 2. The molecule has 1 N–H and O–H groups in total. The summed E-state index contributed by atoms with van der Waals surface area (Å²) >= 11 is 0. The summed E-state index contributed by atoms with van der Waals surface area (Å²) in [6, 6.07) is 23.2. The molecule has 0 spiro atoms. The van der Waals surface area contributed by atoms with Crippen molar-refractivity contribution in [1.29, 1.82) is 0 Å². The molecule has 29 heavy (non-hydrogen) atoms. The molecule has 0 aliphatic heterocycles. The normalized spacial score (nSPS) is 10.2. The van der Waals surface area contributed by atoms with Gasteiger partial charge in [-0.05, 0) is 35.9 Å². The van der Waals surface area contributed by atoms with E-state index in [9.17, 15) is 14.9 Å². The van der Waals surface area contributed by atoms with Gasteiger partial charge in [0, 0.05) is 30.1 Å². The van der Waals surface area contributed by atoms with Crippen molar-refractivity contribution in [1.82, 2.24) is 0 Å². The number of nitro groups is 1. The molecular weight excluding hydrogens is 370 g/mol. The van der Waals surface area contributed by atoms with Gasteiger partial charge < -0.3 is 15.0 Å². The SMILES string of the molecule is COc1ccc(N(CC(=O)Nc2cccc([N+](=O)[O-])c2)Cc2ccccc2)cc1. The summed E-state index contributed by atoms with van der Waals surface area (Å²) < 4.78 is 5.20. The largest absolute Gasteiger partial charge is 0.497 e. The first-order valence-corrected chi connectivity index (χ1v) is 9.02. The lowest BCUT2D eigenvalue weighted by Crippen LogP contribution is -2.32. The predicted molar refractivity (Wildman–Crippen MR) is 112 cm³/mol. The molecule has 0 atom stereocenters. The Bertz CT molecular complexity index is 975. The van der Waals surface area contributed by atoms with E-state index in [0.29, 0.717) is 12.2 Å². The van der Waals surface area contributed by atoms with Crippen LogP contribution < -0.4 is 15.0 Å². The first-order valence-electron chi connectivity index (χ1n) is 9.02. The predicted octanol–water partition coefficient (Wildman–Crippen LogP) is 4.25. The number of amides is 1. The Kier molecular flexibility index (Phi) is 6.42. The Morgan fingerprint density at radius 3 is 2.41 bits per heavy atom. The van der Waals surface area contributed by atoms with Gasteiger partial charge in [0.1, 0.15) is 5.75 Å². The van der Waals surface area contributed by atoms with Gasteiger partial charge in [0.25, 0.3) is 5.69 Å². The monoisotopic (exact) mass is 391 g/mol. The van der Waals surface area contributed by atoms with Crippen LogP contribution in [-0.4, -0.2) is 24.5 Å². The number of rotatable bonds is 8. The summed E-state index contributed by atoms with van der Waals surface area (Å²) in [6.07, 6.45) is 0. The highest BCUT2D eigenvalue weighted by atomic mass is 16.6. The maximum absolute atomic E-state index is 12.6. The van der Waals surface area contributed by atoms with Gasteiger partial charge in [-0.2, -0.15) is 0 Å². The van der Waals surface area contributed by atoms with Crippen LogP contribution >= 0.6 is 0 Å². The highest BCUT2D eigenvalue weighted by molar-refractivity contribution is 5.94. The van der Waals surface area contributed by atoms with E-state index >= 15 is 0 Å². The van der Waals surface area contributed by atoms with E-state index < -0.39 is 4.92 Å². The molecule has 0 fully saturated rings. The smallest absolute Gasteiger partial charge is 0.271 e. The number of methoxy groups -OCH3 is 1. The van der Waals surface area contributed by atoms with Gasteiger partial charge in [-0.1, -0.05) is 36.4 Å². The minimum absolute atomic E-state index is 0.0703. The molecule has 0 radical (unpaired) electrons. The number of nitrogens with one attached hydrogen (secondary N) is 1. The van der Waals surface area contributed by atoms with Crippen LogP contribution in [0.25, 0.3) is 0 Å². The van der Waals surface area contributed by atoms with E-state index in [2.05, 4.69) is 5.32 Å². The van der Waals surface area contributed by atoms with Gasteiger partial charge >= 0.3 is 0 Å². The second-order valence-electron chi connectivity index (χ2n) is 6.40. The summed E-state index contributed by atoms with van der Waals surface area (Å²) in [6.45, 7) is 0.624. The van der Waals surface area contributed by atoms with Gasteiger partial charge in [0.2, 0.25) is 5.91 Å². The van der Waals surface area contributed by atoms with Crippen LogP contribution in [0.3, 0.4) is 0 Å². The molecule has 3 rings (SSSR count). The Balaban J connectivity index is 1.77. The van der Waals surface area contributed by atoms with Crippen LogP contribution in [0.4, 0.5) is 17.1 Å². The van der Waals surface area contributed by atoms with Gasteiger partial charge in [0.05, 0.1) is 18.6 Å². The second kappa shape index (κ2) is 9.36. The molecule has 7 heteroatoms. The molecule has 1 amide bonds. The number of hydrogen-bond donors (Lipinski definition) is 1. The maximum atomic E-state index is 12.6. The first-order chi connectivity index (χ1) is 14.0. The fraction of sp³-hybridized carbons (Fsp3) is 0.136. The van der Waals surface area contributed by atoms with Gasteiger partial charge in [-0.25, -0.2) is 0 Å². The molecular formula is C22H21N3O4. The molecule has 148 valence electrons. The average Bonchev–Trinajstić information content (AvgIpc) is 2.74. The van der Waals surface area contributed by atoms with Crippen molar-refractivity contribution in [3.8, 4) is 5.75 Å². The lowest BCUT2D eigenvalue weighted by molar-refractivity contribution is -0.384. The van der Waals surface area contributed by atoms with Crippen LogP contribution in [0.5, 0.6) is 5.75 Å². The van der Waals surface area contributed by atoms with Crippen molar-refractivity contribution in [2.45, 2.75) is 6.54 Å². The Morgan fingerprint density at radius 1 is 1.03 bits per heavy atom. The van der Waals surface area contributed by atoms with Crippen molar-refractivity contribution < 1.29 is 14.5 Å². The van der Waals surface area contributed by atoms with Crippen LogP contribution in [0.2, 0.25) is 0 Å². The number of ether oxygens (including phenoxy) is 1. The third kappa shape index (κ3) is 5.55. The molecule has 7 nitrogen and oxygen atoms in total. The number of carbonyl (C=O) groups excluding carboxylic acids is 1. The van der Waals surface area contributed by atoms with Crippen molar-refractivity contribution in [3.63, 3.8) is 0 Å². The zero-order valence-corrected chi connectivity index (χ0v) is 15.9. The number of non-ortho nitro benzene ring substituents is 1. The van der Waals surface area contributed by atoms with Crippen molar-refractivity contribution in [3.05, 3.63) is 94.5 Å². The van der Waals surface area contributed by atoms with Crippen LogP contribution in [0, 0.1) is 10.1 Å². The molecule has 0 saturated heterocycles. The fourth-order valence-corrected chi connectivity index (χ4v) is 2.91. The summed E-state index contributed by atoms with van der Waals surface area (Å²) in [5, 5.41) is 13.7. The quantitative estimate of drug-likeness (QED) is 0.458. The van der Waals surface area contributed by atoms with Gasteiger partial charge in [0.15, 0.2) is 0 Å². The average molecular weight is 391 g/mol. The first kappa shape index (κ1) is 19.9. The molecule has 0 aliphatic rings. The van der Waals surface area contributed by atoms with Crippen molar-refractivity contribution in [2.75, 3.05) is 23.9 Å². The number of benzene rings is 3. The molecule has 0 aliphatic carbocycles. The zero-order valence-electron chi connectivity index (χ0n) is 15.9. The van der Waals surface area contributed by atoms with Crippen LogP contribution in [-0.2, 0) is 11.3 Å². The molecule has 0 saturated carbocycles. The highest BCUT2D eigenvalue weighted by Gasteiger charge is 2.14. The van der Waals surface area contributed by atoms with E-state index in [1.807, 2.05) is 59.5 Å². The van der Waals surface area contributed by atoms with E-state index in [0.717, 1.165) is 17.0 Å². The zero-order chi connectivity index (χ0) is 20.6. The fourth-order valence-electron chi connectivity index (χ4n) is 2.91. The van der Waals surface area contributed by atoms with Gasteiger partial charge in [-0.15, -0.1) is 0 Å². The summed E-state index contributed by atoms with van der Waals surface area (Å²) in [5.41, 5.74) is 2.24. The number of hydrogen-bond acceptors (Lipinski definition) is 5. The molecule has 0 bridgehead atoms.